The molecule has 0 amide bonds. The summed E-state index contributed by atoms with van der Waals surface area (Å²) in [7, 11) is 1.30. The number of hydrogen-bond donors (Lipinski definition) is 0. The van der Waals surface area contributed by atoms with E-state index in [9.17, 15) is 9.59 Å². The number of halogens is 2. The summed E-state index contributed by atoms with van der Waals surface area (Å²) in [6, 6.07) is 5.13. The number of aliphatic imine (C=N–C) groups is 1. The van der Waals surface area contributed by atoms with Crippen molar-refractivity contribution in [2.45, 2.75) is 33.1 Å². The van der Waals surface area contributed by atoms with Crippen molar-refractivity contribution < 1.29 is 19.1 Å². The molecule has 5 nitrogen and oxygen atoms in total. The summed E-state index contributed by atoms with van der Waals surface area (Å²) in [5.74, 6) is -2.48. The maximum Gasteiger partial charge on any atom is 0.336 e. The highest BCUT2D eigenvalue weighted by Gasteiger charge is 2.43. The Morgan fingerprint density at radius 2 is 1.92 bits per heavy atom. The molecule has 0 radical (unpaired) electrons. The molecule has 0 bridgehead atoms. The highest BCUT2D eigenvalue weighted by molar-refractivity contribution is 6.42. The fourth-order valence-corrected chi connectivity index (χ4v) is 3.61. The first-order chi connectivity index (χ1) is 12.4. The Labute approximate surface area is 163 Å². The van der Waals surface area contributed by atoms with Gasteiger partial charge in [0.1, 0.15) is 5.92 Å². The average molecular weight is 398 g/mol. The summed E-state index contributed by atoms with van der Waals surface area (Å²) >= 11 is 12.6. The third-order valence-corrected chi connectivity index (χ3v) is 5.15. The fourth-order valence-electron chi connectivity index (χ4n) is 3.18. The molecule has 2 atom stereocenters. The van der Waals surface area contributed by atoms with Gasteiger partial charge in [0.15, 0.2) is 0 Å². The van der Waals surface area contributed by atoms with E-state index < -0.39 is 23.8 Å². The Hall–Kier alpha value is -1.85. The Bertz CT molecular complexity index is 786. The first-order valence-electron chi connectivity index (χ1n) is 8.34. The third kappa shape index (κ3) is 3.79. The van der Waals surface area contributed by atoms with Crippen molar-refractivity contribution in [1.82, 2.24) is 0 Å². The molecule has 7 heteroatoms. The van der Waals surface area contributed by atoms with Crippen molar-refractivity contribution in [2.24, 2.45) is 10.9 Å². The number of carbonyl (C=O) groups is 2. The number of ether oxygens (including phenoxy) is 2. The lowest BCUT2D eigenvalue weighted by Gasteiger charge is -2.32. The van der Waals surface area contributed by atoms with Gasteiger partial charge in [-0.05, 0) is 31.9 Å². The molecule has 2 rings (SSSR count). The molecular weight excluding hydrogens is 377 g/mol. The van der Waals surface area contributed by atoms with Crippen LogP contribution in [0.15, 0.2) is 34.5 Å². The quantitative estimate of drug-likeness (QED) is 0.682. The lowest BCUT2D eigenvalue weighted by atomic mass is 9.75. The number of nitrogens with zero attached hydrogens (tertiary/aromatic N) is 1. The molecule has 0 saturated carbocycles. The van der Waals surface area contributed by atoms with Crippen LogP contribution in [-0.2, 0) is 19.1 Å². The van der Waals surface area contributed by atoms with E-state index in [2.05, 4.69) is 4.99 Å². The van der Waals surface area contributed by atoms with Crippen molar-refractivity contribution in [3.8, 4) is 0 Å². The molecule has 0 saturated heterocycles. The predicted octanol–water partition coefficient (Wildman–Crippen LogP) is 4.57. The van der Waals surface area contributed by atoms with Gasteiger partial charge in [-0.1, -0.05) is 42.3 Å². The Morgan fingerprint density at radius 3 is 2.50 bits per heavy atom. The van der Waals surface area contributed by atoms with E-state index in [0.29, 0.717) is 39.0 Å². The summed E-state index contributed by atoms with van der Waals surface area (Å²) in [4.78, 5) is 29.7. The van der Waals surface area contributed by atoms with Gasteiger partial charge in [-0.3, -0.25) is 9.79 Å². The summed E-state index contributed by atoms with van der Waals surface area (Å²) in [6.45, 7) is 5.56. The Kier molecular flexibility index (Phi) is 6.84. The molecule has 0 N–H and O–H groups in total. The number of allylic oxidation sites excluding steroid dienone is 1. The molecule has 140 valence electrons. The smallest absolute Gasteiger partial charge is 0.336 e. The van der Waals surface area contributed by atoms with Crippen LogP contribution in [0.2, 0.25) is 10.0 Å². The van der Waals surface area contributed by atoms with Gasteiger partial charge in [-0.15, -0.1) is 0 Å². The number of benzene rings is 1. The van der Waals surface area contributed by atoms with Crippen molar-refractivity contribution in [3.05, 3.63) is 45.1 Å². The summed E-state index contributed by atoms with van der Waals surface area (Å²) in [6.07, 6.45) is 0.508. The average Bonchev–Trinajstić information content (AvgIpc) is 2.62. The highest BCUT2D eigenvalue weighted by atomic mass is 35.5. The van der Waals surface area contributed by atoms with Crippen molar-refractivity contribution >= 4 is 40.9 Å². The van der Waals surface area contributed by atoms with Crippen LogP contribution in [0.25, 0.3) is 0 Å². The van der Waals surface area contributed by atoms with E-state index in [1.807, 2.05) is 6.92 Å². The largest absolute Gasteiger partial charge is 0.468 e. The monoisotopic (exact) mass is 397 g/mol. The van der Waals surface area contributed by atoms with Gasteiger partial charge in [0.25, 0.3) is 0 Å². The third-order valence-electron chi connectivity index (χ3n) is 4.32. The minimum absolute atomic E-state index is 0.209. The molecule has 1 aliphatic heterocycles. The minimum Gasteiger partial charge on any atom is -0.468 e. The standard InChI is InChI=1S/C19H21Cl2NO4/c1-5-13-16(19(24)26-6-2)15(11-8-7-9-12(20)17(11)21)14(10(3)22-13)18(23)25-4/h7-9,14-15H,5-6H2,1-4H3. The van der Waals surface area contributed by atoms with Gasteiger partial charge in [0.05, 0.1) is 35.0 Å². The summed E-state index contributed by atoms with van der Waals surface area (Å²) in [5.41, 5.74) is 2.02. The van der Waals surface area contributed by atoms with Crippen LogP contribution in [0.1, 0.15) is 38.7 Å². The number of esters is 2. The van der Waals surface area contributed by atoms with Crippen LogP contribution in [0.5, 0.6) is 0 Å². The number of rotatable bonds is 5. The first kappa shape index (κ1) is 20.5. The maximum absolute atomic E-state index is 12.7. The first-order valence-corrected chi connectivity index (χ1v) is 9.09. The number of methoxy groups -OCH3 is 1. The molecule has 1 heterocycles. The van der Waals surface area contributed by atoms with Crippen LogP contribution >= 0.6 is 23.2 Å². The SMILES string of the molecule is CCOC(=O)C1=C(CC)N=C(C)C(C(=O)OC)C1c1cccc(Cl)c1Cl. The Balaban J connectivity index is 2.77. The minimum atomic E-state index is -0.786. The molecule has 0 spiro atoms. The topological polar surface area (TPSA) is 65.0 Å². The van der Waals surface area contributed by atoms with Gasteiger partial charge in [-0.25, -0.2) is 4.79 Å². The van der Waals surface area contributed by atoms with Crippen LogP contribution < -0.4 is 0 Å². The molecule has 0 aliphatic carbocycles. The highest BCUT2D eigenvalue weighted by Crippen LogP contribution is 2.44. The van der Waals surface area contributed by atoms with Crippen LogP contribution in [0.3, 0.4) is 0 Å². The molecule has 0 aromatic heterocycles. The van der Waals surface area contributed by atoms with Gasteiger partial charge < -0.3 is 9.47 Å². The second kappa shape index (κ2) is 8.69. The van der Waals surface area contributed by atoms with Gasteiger partial charge in [-0.2, -0.15) is 0 Å². The normalized spacial score (nSPS) is 19.8. The number of hydrogen-bond acceptors (Lipinski definition) is 5. The zero-order chi connectivity index (χ0) is 19.4. The number of carbonyl (C=O) groups excluding carboxylic acids is 2. The van der Waals surface area contributed by atoms with Gasteiger partial charge >= 0.3 is 11.9 Å². The van der Waals surface area contributed by atoms with Crippen molar-refractivity contribution in [2.75, 3.05) is 13.7 Å². The van der Waals surface area contributed by atoms with Crippen LogP contribution in [0.4, 0.5) is 0 Å². The van der Waals surface area contributed by atoms with Gasteiger partial charge in [0.2, 0.25) is 0 Å². The maximum atomic E-state index is 12.7. The Morgan fingerprint density at radius 1 is 1.23 bits per heavy atom. The summed E-state index contributed by atoms with van der Waals surface area (Å²) in [5, 5.41) is 0.634. The molecule has 2 unspecified atom stereocenters. The second-order valence-electron chi connectivity index (χ2n) is 5.81. The van der Waals surface area contributed by atoms with Crippen LogP contribution in [-0.4, -0.2) is 31.4 Å². The van der Waals surface area contributed by atoms with Gasteiger partial charge in [0, 0.05) is 11.6 Å². The predicted molar refractivity (Wildman–Crippen MR) is 102 cm³/mol. The fraction of sp³-hybridized carbons (Fsp3) is 0.421. The lowest BCUT2D eigenvalue weighted by molar-refractivity contribution is -0.144. The van der Waals surface area contributed by atoms with Crippen molar-refractivity contribution in [3.63, 3.8) is 0 Å². The van der Waals surface area contributed by atoms with E-state index >= 15 is 0 Å². The molecule has 26 heavy (non-hydrogen) atoms. The van der Waals surface area contributed by atoms with E-state index in [1.54, 1.807) is 32.0 Å². The van der Waals surface area contributed by atoms with Crippen LogP contribution in [0, 0.1) is 5.92 Å². The zero-order valence-electron chi connectivity index (χ0n) is 15.1. The molecule has 0 fully saturated rings. The second-order valence-corrected chi connectivity index (χ2v) is 6.59. The van der Waals surface area contributed by atoms with E-state index in [-0.39, 0.29) is 6.61 Å². The van der Waals surface area contributed by atoms with E-state index in [1.165, 1.54) is 7.11 Å². The van der Waals surface area contributed by atoms with E-state index in [0.717, 1.165) is 0 Å². The molecule has 1 aromatic rings. The van der Waals surface area contributed by atoms with Crippen molar-refractivity contribution in [1.29, 1.82) is 0 Å². The molecule has 1 aromatic carbocycles. The van der Waals surface area contributed by atoms with E-state index in [4.69, 9.17) is 32.7 Å². The molecule has 1 aliphatic rings. The lowest BCUT2D eigenvalue weighted by Crippen LogP contribution is -2.36. The summed E-state index contributed by atoms with van der Waals surface area (Å²) < 4.78 is 10.2. The molecular formula is C19H21Cl2NO4. The zero-order valence-corrected chi connectivity index (χ0v) is 16.6.